The Hall–Kier alpha value is -2.05. The minimum absolute atomic E-state index is 0.0912. The molecule has 0 aromatic carbocycles. The molecule has 2 aromatic rings. The molecule has 4 nitrogen and oxygen atoms in total. The Labute approximate surface area is 93.1 Å². The molecular formula is C10H7F3N2O2. The average molecular weight is 244 g/mol. The van der Waals surface area contributed by atoms with E-state index < -0.39 is 18.3 Å². The molecule has 0 atom stereocenters. The highest BCUT2D eigenvalue weighted by Gasteiger charge is 2.28. The summed E-state index contributed by atoms with van der Waals surface area (Å²) in [6.07, 6.45) is -1.86. The number of ether oxygens (including phenoxy) is 1. The number of fused-ring (bicyclic) bond motifs is 1. The van der Waals surface area contributed by atoms with E-state index in [2.05, 4.69) is 14.7 Å². The Balaban J connectivity index is 2.32. The molecular weight excluding hydrogens is 237 g/mol. The van der Waals surface area contributed by atoms with Gasteiger partial charge in [-0.25, -0.2) is 0 Å². The van der Waals surface area contributed by atoms with Crippen molar-refractivity contribution in [2.45, 2.75) is 6.18 Å². The van der Waals surface area contributed by atoms with E-state index in [-0.39, 0.29) is 11.1 Å². The van der Waals surface area contributed by atoms with Crippen molar-refractivity contribution in [2.24, 2.45) is 0 Å². The molecule has 0 aliphatic rings. The zero-order chi connectivity index (χ0) is 12.5. The van der Waals surface area contributed by atoms with E-state index in [1.807, 2.05) is 0 Å². The molecule has 2 heterocycles. The molecule has 7 heteroatoms. The summed E-state index contributed by atoms with van der Waals surface area (Å²) in [6, 6.07) is 2.77. The average Bonchev–Trinajstić information content (AvgIpc) is 2.26. The molecule has 0 unspecified atom stereocenters. The molecule has 0 aliphatic carbocycles. The quantitative estimate of drug-likeness (QED) is 0.877. The van der Waals surface area contributed by atoms with E-state index in [0.29, 0.717) is 5.52 Å². The van der Waals surface area contributed by atoms with Crippen LogP contribution in [0.4, 0.5) is 13.2 Å². The largest absolute Gasteiger partial charge is 0.482 e. The lowest BCUT2D eigenvalue weighted by Crippen LogP contribution is -2.19. The molecule has 0 spiro atoms. The fraction of sp³-hybridized carbons (Fsp3) is 0.200. The molecule has 2 aromatic heterocycles. The number of pyridine rings is 2. The van der Waals surface area contributed by atoms with Crippen molar-refractivity contribution in [3.8, 4) is 5.75 Å². The molecule has 0 aliphatic heterocycles. The van der Waals surface area contributed by atoms with Crippen molar-refractivity contribution in [3.05, 3.63) is 34.9 Å². The van der Waals surface area contributed by atoms with Crippen molar-refractivity contribution >= 4 is 10.9 Å². The maximum Gasteiger partial charge on any atom is 0.422 e. The molecule has 17 heavy (non-hydrogen) atoms. The van der Waals surface area contributed by atoms with E-state index in [9.17, 15) is 18.0 Å². The van der Waals surface area contributed by atoms with Gasteiger partial charge in [-0.1, -0.05) is 0 Å². The van der Waals surface area contributed by atoms with Gasteiger partial charge in [0.25, 0.3) is 5.56 Å². The predicted molar refractivity (Wildman–Crippen MR) is 53.9 cm³/mol. The molecule has 1 N–H and O–H groups in total. The summed E-state index contributed by atoms with van der Waals surface area (Å²) < 4.78 is 40.3. The number of halogens is 3. The summed E-state index contributed by atoms with van der Waals surface area (Å²) in [6.45, 7) is -1.41. The topological polar surface area (TPSA) is 55.0 Å². The van der Waals surface area contributed by atoms with E-state index in [1.165, 1.54) is 12.3 Å². The van der Waals surface area contributed by atoms with Crippen LogP contribution in [-0.4, -0.2) is 22.8 Å². The number of nitrogens with zero attached hydrogens (tertiary/aromatic N) is 1. The first kappa shape index (κ1) is 11.4. The lowest BCUT2D eigenvalue weighted by atomic mass is 10.2. The monoisotopic (exact) mass is 244 g/mol. The zero-order valence-electron chi connectivity index (χ0n) is 8.41. The molecule has 0 saturated carbocycles. The van der Waals surface area contributed by atoms with Crippen molar-refractivity contribution in [2.75, 3.05) is 6.61 Å². The normalized spacial score (nSPS) is 11.7. The number of rotatable bonds is 2. The lowest BCUT2D eigenvalue weighted by Gasteiger charge is -2.08. The van der Waals surface area contributed by atoms with Gasteiger partial charge in [0.05, 0.1) is 17.1 Å². The Kier molecular flexibility index (Phi) is 2.74. The summed E-state index contributed by atoms with van der Waals surface area (Å²) in [5, 5.41) is 0.187. The summed E-state index contributed by atoms with van der Waals surface area (Å²) in [5.41, 5.74) is -0.0273. The van der Waals surface area contributed by atoms with Crippen molar-refractivity contribution in [1.29, 1.82) is 0 Å². The fourth-order valence-corrected chi connectivity index (χ4v) is 1.29. The fourth-order valence-electron chi connectivity index (χ4n) is 1.29. The van der Waals surface area contributed by atoms with Crippen LogP contribution in [0.5, 0.6) is 5.75 Å². The van der Waals surface area contributed by atoms with Crippen LogP contribution in [0, 0.1) is 0 Å². The van der Waals surface area contributed by atoms with Gasteiger partial charge < -0.3 is 9.72 Å². The van der Waals surface area contributed by atoms with Crippen LogP contribution >= 0.6 is 0 Å². The second-order valence-corrected chi connectivity index (χ2v) is 3.31. The molecule has 2 rings (SSSR count). The van der Waals surface area contributed by atoms with E-state index in [4.69, 9.17) is 0 Å². The number of alkyl halides is 3. The SMILES string of the molecule is O=c1[nH]ccc2ncc(OCC(F)(F)F)cc12. The van der Waals surface area contributed by atoms with Crippen molar-refractivity contribution < 1.29 is 17.9 Å². The van der Waals surface area contributed by atoms with E-state index in [0.717, 1.165) is 6.20 Å². The third-order valence-corrected chi connectivity index (χ3v) is 2.00. The highest BCUT2D eigenvalue weighted by Crippen LogP contribution is 2.19. The van der Waals surface area contributed by atoms with Crippen LogP contribution < -0.4 is 10.3 Å². The molecule has 0 fully saturated rings. The predicted octanol–water partition coefficient (Wildman–Crippen LogP) is 1.86. The van der Waals surface area contributed by atoms with Crippen molar-refractivity contribution in [1.82, 2.24) is 9.97 Å². The molecule has 0 saturated heterocycles. The van der Waals surface area contributed by atoms with Gasteiger partial charge in [-0.05, 0) is 12.1 Å². The number of hydrogen-bond donors (Lipinski definition) is 1. The minimum Gasteiger partial charge on any atom is -0.482 e. The lowest BCUT2D eigenvalue weighted by molar-refractivity contribution is -0.153. The Morgan fingerprint density at radius 2 is 2.18 bits per heavy atom. The molecule has 0 radical (unpaired) electrons. The van der Waals surface area contributed by atoms with Gasteiger partial charge in [0.15, 0.2) is 6.61 Å². The highest BCUT2D eigenvalue weighted by molar-refractivity contribution is 5.78. The van der Waals surface area contributed by atoms with Gasteiger partial charge in [-0.3, -0.25) is 9.78 Å². The number of aromatic amines is 1. The van der Waals surface area contributed by atoms with Crippen LogP contribution in [0.1, 0.15) is 0 Å². The summed E-state index contributed by atoms with van der Waals surface area (Å²) >= 11 is 0. The third kappa shape index (κ3) is 2.74. The number of hydrogen-bond acceptors (Lipinski definition) is 3. The van der Waals surface area contributed by atoms with Crippen LogP contribution in [-0.2, 0) is 0 Å². The highest BCUT2D eigenvalue weighted by atomic mass is 19.4. The smallest absolute Gasteiger partial charge is 0.422 e. The van der Waals surface area contributed by atoms with Gasteiger partial charge in [0, 0.05) is 6.20 Å². The van der Waals surface area contributed by atoms with Gasteiger partial charge in [0.1, 0.15) is 5.75 Å². The van der Waals surface area contributed by atoms with Crippen LogP contribution in [0.15, 0.2) is 29.3 Å². The van der Waals surface area contributed by atoms with Gasteiger partial charge in [-0.2, -0.15) is 13.2 Å². The minimum atomic E-state index is -4.42. The third-order valence-electron chi connectivity index (χ3n) is 2.00. The van der Waals surface area contributed by atoms with Crippen LogP contribution in [0.25, 0.3) is 10.9 Å². The zero-order valence-corrected chi connectivity index (χ0v) is 8.41. The Morgan fingerprint density at radius 1 is 1.41 bits per heavy atom. The standard InChI is InChI=1S/C10H7F3N2O2/c11-10(12,13)5-17-6-3-7-8(15-4-6)1-2-14-9(7)16/h1-4H,5H2,(H,14,16). The summed E-state index contributed by atoms with van der Waals surface area (Å²) in [7, 11) is 0. The van der Waals surface area contributed by atoms with E-state index in [1.54, 1.807) is 6.07 Å². The molecule has 90 valence electrons. The van der Waals surface area contributed by atoms with Crippen LogP contribution in [0.2, 0.25) is 0 Å². The van der Waals surface area contributed by atoms with Gasteiger partial charge >= 0.3 is 6.18 Å². The maximum atomic E-state index is 11.9. The first-order chi connectivity index (χ1) is 7.96. The second-order valence-electron chi connectivity index (χ2n) is 3.31. The molecule has 0 bridgehead atoms. The first-order valence-electron chi connectivity index (χ1n) is 4.63. The first-order valence-corrected chi connectivity index (χ1v) is 4.63. The van der Waals surface area contributed by atoms with Crippen LogP contribution in [0.3, 0.4) is 0 Å². The number of nitrogens with one attached hydrogen (secondary N) is 1. The van der Waals surface area contributed by atoms with Gasteiger partial charge in [0.2, 0.25) is 0 Å². The summed E-state index contributed by atoms with van der Waals surface area (Å²) in [4.78, 5) is 17.6. The number of aromatic nitrogens is 2. The second kappa shape index (κ2) is 4.08. The Morgan fingerprint density at radius 3 is 2.88 bits per heavy atom. The van der Waals surface area contributed by atoms with E-state index >= 15 is 0 Å². The number of H-pyrrole nitrogens is 1. The Bertz CT molecular complexity index is 592. The summed E-state index contributed by atoms with van der Waals surface area (Å²) in [5.74, 6) is -0.0912. The maximum absolute atomic E-state index is 11.9. The van der Waals surface area contributed by atoms with Crippen molar-refractivity contribution in [3.63, 3.8) is 0 Å². The molecule has 0 amide bonds. The van der Waals surface area contributed by atoms with Gasteiger partial charge in [-0.15, -0.1) is 0 Å².